The number of hydrazone groups is 1. The summed E-state index contributed by atoms with van der Waals surface area (Å²) >= 11 is 1.54. The average molecular weight is 425 g/mol. The average Bonchev–Trinajstić information content (AvgIpc) is 2.97. The van der Waals surface area contributed by atoms with Crippen molar-refractivity contribution in [1.29, 1.82) is 0 Å². The zero-order valence-corrected chi connectivity index (χ0v) is 18.0. The summed E-state index contributed by atoms with van der Waals surface area (Å²) < 4.78 is 5.40. The molecule has 1 atom stereocenters. The van der Waals surface area contributed by atoms with Gasteiger partial charge in [0.1, 0.15) is 6.04 Å². The number of ketones is 1. The highest BCUT2D eigenvalue weighted by atomic mass is 32.2. The van der Waals surface area contributed by atoms with Gasteiger partial charge in [-0.1, -0.05) is 37.4 Å². The van der Waals surface area contributed by atoms with Gasteiger partial charge in [0.05, 0.1) is 0 Å². The van der Waals surface area contributed by atoms with Gasteiger partial charge in [-0.25, -0.2) is 5.43 Å². The third-order valence-electron chi connectivity index (χ3n) is 6.00. The van der Waals surface area contributed by atoms with Crippen molar-refractivity contribution in [2.45, 2.75) is 57.4 Å². The van der Waals surface area contributed by atoms with Crippen molar-refractivity contribution in [2.24, 2.45) is 16.9 Å². The van der Waals surface area contributed by atoms with Gasteiger partial charge >= 0.3 is 5.91 Å². The molecule has 8 nitrogen and oxygen atoms in total. The monoisotopic (exact) mass is 424 g/mol. The van der Waals surface area contributed by atoms with E-state index in [2.05, 4.69) is 15.8 Å². The van der Waals surface area contributed by atoms with E-state index in [-0.39, 0.29) is 17.7 Å². The van der Waals surface area contributed by atoms with Gasteiger partial charge in [0.25, 0.3) is 0 Å². The van der Waals surface area contributed by atoms with E-state index in [1.165, 1.54) is 11.8 Å². The fraction of sp³-hybridized carbons (Fsp3) is 0.800. The number of Topliss-reactive ketones (excluding diaryl/α,β-unsaturated/α-hetero) is 1. The Labute approximate surface area is 176 Å². The molecule has 0 radical (unpaired) electrons. The Bertz CT molecular complexity index is 628. The molecule has 0 aromatic rings. The van der Waals surface area contributed by atoms with Crippen molar-refractivity contribution >= 4 is 34.5 Å². The molecule has 0 spiro atoms. The maximum Gasteiger partial charge on any atom is 0.309 e. The smallest absolute Gasteiger partial charge is 0.309 e. The van der Waals surface area contributed by atoms with Gasteiger partial charge in [0.2, 0.25) is 11.7 Å². The molecule has 9 heteroatoms. The summed E-state index contributed by atoms with van der Waals surface area (Å²) in [4.78, 5) is 40.3. The lowest BCUT2D eigenvalue weighted by molar-refractivity contribution is -0.142. The number of nitrogens with zero attached hydrogens (tertiary/aromatic N) is 2. The van der Waals surface area contributed by atoms with E-state index >= 15 is 0 Å². The van der Waals surface area contributed by atoms with Crippen LogP contribution in [0.3, 0.4) is 0 Å². The largest absolute Gasteiger partial charge is 0.381 e. The Morgan fingerprint density at radius 1 is 1.10 bits per heavy atom. The number of carbonyl (C=O) groups excluding carboxylic acids is 3. The third-order valence-corrected chi connectivity index (χ3v) is 7.05. The van der Waals surface area contributed by atoms with Crippen LogP contribution in [-0.4, -0.2) is 66.3 Å². The maximum absolute atomic E-state index is 13.0. The molecule has 2 aliphatic heterocycles. The second-order valence-electron chi connectivity index (χ2n) is 8.09. The number of ether oxygens (including phenoxy) is 1. The van der Waals surface area contributed by atoms with Crippen molar-refractivity contribution in [2.75, 3.05) is 32.6 Å². The SMILES string of the molecule is CN1CCS/C1=N\NC(=O)C(=O)[C@H](NC(=O)C1CCCCCC1)C1CCOCC1. The normalized spacial score (nSPS) is 24.2. The zero-order valence-electron chi connectivity index (χ0n) is 17.2. The number of carbonyl (C=O) groups is 3. The summed E-state index contributed by atoms with van der Waals surface area (Å²) in [6, 6.07) is -0.816. The van der Waals surface area contributed by atoms with Crippen molar-refractivity contribution in [3.8, 4) is 0 Å². The van der Waals surface area contributed by atoms with Gasteiger partial charge in [-0.05, 0) is 31.6 Å². The van der Waals surface area contributed by atoms with E-state index < -0.39 is 17.7 Å². The van der Waals surface area contributed by atoms with Crippen LogP contribution in [-0.2, 0) is 19.1 Å². The number of amidine groups is 1. The summed E-state index contributed by atoms with van der Waals surface area (Å²) in [7, 11) is 1.89. The van der Waals surface area contributed by atoms with Crippen LogP contribution < -0.4 is 10.7 Å². The van der Waals surface area contributed by atoms with Gasteiger partial charge in [-0.2, -0.15) is 0 Å². The van der Waals surface area contributed by atoms with Crippen LogP contribution in [0.25, 0.3) is 0 Å². The Balaban J connectivity index is 1.65. The molecule has 2 saturated heterocycles. The summed E-state index contributed by atoms with van der Waals surface area (Å²) in [6.45, 7) is 1.94. The van der Waals surface area contributed by atoms with Crippen molar-refractivity contribution in [3.05, 3.63) is 0 Å². The second kappa shape index (κ2) is 11.0. The van der Waals surface area contributed by atoms with E-state index in [0.29, 0.717) is 31.2 Å². The highest BCUT2D eigenvalue weighted by Crippen LogP contribution is 2.25. The fourth-order valence-electron chi connectivity index (χ4n) is 4.15. The first-order chi connectivity index (χ1) is 14.1. The molecule has 2 N–H and O–H groups in total. The van der Waals surface area contributed by atoms with E-state index in [4.69, 9.17) is 4.74 Å². The Morgan fingerprint density at radius 3 is 2.41 bits per heavy atom. The molecule has 0 aromatic carbocycles. The molecule has 2 heterocycles. The summed E-state index contributed by atoms with van der Waals surface area (Å²) in [5.74, 6) is -0.736. The lowest BCUT2D eigenvalue weighted by Gasteiger charge is -2.30. The number of amides is 2. The van der Waals surface area contributed by atoms with E-state index in [9.17, 15) is 14.4 Å². The minimum Gasteiger partial charge on any atom is -0.381 e. The first-order valence-corrected chi connectivity index (χ1v) is 11.7. The summed E-state index contributed by atoms with van der Waals surface area (Å²) in [6.07, 6.45) is 7.40. The molecule has 3 aliphatic rings. The predicted octanol–water partition coefficient (Wildman–Crippen LogP) is 1.50. The molecule has 1 aliphatic carbocycles. The number of thioether (sulfide) groups is 1. The Morgan fingerprint density at radius 2 is 1.79 bits per heavy atom. The van der Waals surface area contributed by atoms with E-state index in [0.717, 1.165) is 50.8 Å². The summed E-state index contributed by atoms with van der Waals surface area (Å²) in [5.41, 5.74) is 2.39. The first-order valence-electron chi connectivity index (χ1n) is 10.7. The molecular weight excluding hydrogens is 392 g/mol. The van der Waals surface area contributed by atoms with Crippen LogP contribution in [0, 0.1) is 11.8 Å². The standard InChI is InChI=1S/C20H32N4O4S/c1-24-10-13-29-20(24)23-22-19(27)17(25)16(14-8-11-28-12-9-14)21-18(26)15-6-4-2-3-5-7-15/h14-16H,2-13H2,1H3,(H,21,26)(H,22,27)/b23-20-/t16-/m1/s1. The van der Waals surface area contributed by atoms with Crippen LogP contribution >= 0.6 is 11.8 Å². The molecule has 29 heavy (non-hydrogen) atoms. The van der Waals surface area contributed by atoms with Crippen molar-refractivity contribution in [1.82, 2.24) is 15.6 Å². The minimum atomic E-state index is -0.816. The number of hydrogen-bond donors (Lipinski definition) is 2. The summed E-state index contributed by atoms with van der Waals surface area (Å²) in [5, 5.41) is 7.71. The second-order valence-corrected chi connectivity index (χ2v) is 9.16. The van der Waals surface area contributed by atoms with Gasteiger partial charge in [0.15, 0.2) is 5.17 Å². The number of hydrogen-bond acceptors (Lipinski definition) is 6. The topological polar surface area (TPSA) is 100 Å². The van der Waals surface area contributed by atoms with E-state index in [1.807, 2.05) is 11.9 Å². The van der Waals surface area contributed by atoms with Crippen LogP contribution in [0.15, 0.2) is 5.10 Å². The van der Waals surface area contributed by atoms with Crippen molar-refractivity contribution in [3.63, 3.8) is 0 Å². The number of nitrogens with one attached hydrogen (secondary N) is 2. The predicted molar refractivity (Wildman–Crippen MR) is 112 cm³/mol. The van der Waals surface area contributed by atoms with Gasteiger partial charge in [0, 0.05) is 38.5 Å². The molecule has 2 amide bonds. The Hall–Kier alpha value is -1.61. The van der Waals surface area contributed by atoms with Crippen molar-refractivity contribution < 1.29 is 19.1 Å². The number of rotatable bonds is 6. The van der Waals surface area contributed by atoms with E-state index in [1.54, 1.807) is 0 Å². The molecule has 0 aromatic heterocycles. The maximum atomic E-state index is 13.0. The molecule has 3 fully saturated rings. The molecule has 3 rings (SSSR count). The lowest BCUT2D eigenvalue weighted by Crippen LogP contribution is -2.53. The van der Waals surface area contributed by atoms with Crippen LogP contribution in [0.1, 0.15) is 51.4 Å². The van der Waals surface area contributed by atoms with Gasteiger partial charge in [-0.3, -0.25) is 14.4 Å². The highest BCUT2D eigenvalue weighted by Gasteiger charge is 2.36. The van der Waals surface area contributed by atoms with Gasteiger partial charge < -0.3 is 15.0 Å². The molecule has 1 saturated carbocycles. The molecule has 0 unspecified atom stereocenters. The first kappa shape index (κ1) is 22.1. The third kappa shape index (κ3) is 6.18. The van der Waals surface area contributed by atoms with Gasteiger partial charge in [-0.15, -0.1) is 5.10 Å². The zero-order chi connectivity index (χ0) is 20.6. The fourth-order valence-corrected chi connectivity index (χ4v) is 5.12. The molecule has 162 valence electrons. The van der Waals surface area contributed by atoms with Crippen LogP contribution in [0.5, 0.6) is 0 Å². The molecule has 0 bridgehead atoms. The Kier molecular flexibility index (Phi) is 8.35. The quantitative estimate of drug-likeness (QED) is 0.381. The minimum absolute atomic E-state index is 0.0699. The highest BCUT2D eigenvalue weighted by molar-refractivity contribution is 8.14. The molecular formula is C20H32N4O4S. The lowest BCUT2D eigenvalue weighted by atomic mass is 9.87. The van der Waals surface area contributed by atoms with Crippen LogP contribution in [0.4, 0.5) is 0 Å². The van der Waals surface area contributed by atoms with Crippen LogP contribution in [0.2, 0.25) is 0 Å².